The molecule has 9 heteroatoms. The van der Waals surface area contributed by atoms with Crippen molar-refractivity contribution in [2.45, 2.75) is 25.5 Å². The van der Waals surface area contributed by atoms with Gasteiger partial charge in [0.1, 0.15) is 11.1 Å². The van der Waals surface area contributed by atoms with Crippen molar-refractivity contribution in [2.75, 3.05) is 11.5 Å². The number of carbonyl (C=O) groups excluding carboxylic acids is 2. The maximum atomic E-state index is 13.3. The zero-order valence-electron chi connectivity index (χ0n) is 16.9. The van der Waals surface area contributed by atoms with Crippen LogP contribution < -0.4 is 4.90 Å². The van der Waals surface area contributed by atoms with Crippen molar-refractivity contribution in [3.63, 3.8) is 0 Å². The Bertz CT molecular complexity index is 1100. The van der Waals surface area contributed by atoms with E-state index in [1.165, 1.54) is 17.0 Å². The molecule has 1 unspecified atom stereocenters. The zero-order valence-corrected chi connectivity index (χ0v) is 17.7. The summed E-state index contributed by atoms with van der Waals surface area (Å²) in [5.41, 5.74) is 1.81. The van der Waals surface area contributed by atoms with E-state index >= 15 is 0 Å². The number of ether oxygens (including phenoxy) is 1. The summed E-state index contributed by atoms with van der Waals surface area (Å²) in [6.45, 7) is 3.64. The van der Waals surface area contributed by atoms with Crippen LogP contribution in [0.4, 0.5) is 11.4 Å². The first-order valence-corrected chi connectivity index (χ1v) is 10.4. The molecule has 1 amide bonds. The molecule has 1 fully saturated rings. The van der Waals surface area contributed by atoms with Gasteiger partial charge in [0.2, 0.25) is 5.91 Å². The van der Waals surface area contributed by atoms with E-state index < -0.39 is 16.1 Å². The summed E-state index contributed by atoms with van der Waals surface area (Å²) in [6, 6.07) is 15.1. The van der Waals surface area contributed by atoms with Crippen LogP contribution in [-0.2, 0) is 20.7 Å². The monoisotopic (exact) mass is 437 g/mol. The number of amides is 1. The highest BCUT2D eigenvalue weighted by atomic mass is 32.2. The summed E-state index contributed by atoms with van der Waals surface area (Å²) in [7, 11) is 0. The van der Waals surface area contributed by atoms with E-state index in [1.807, 2.05) is 25.1 Å². The van der Waals surface area contributed by atoms with E-state index in [4.69, 9.17) is 4.74 Å². The van der Waals surface area contributed by atoms with Crippen LogP contribution in [0.15, 0.2) is 59.1 Å². The van der Waals surface area contributed by atoms with Gasteiger partial charge in [-0.3, -0.25) is 19.8 Å². The van der Waals surface area contributed by atoms with Crippen LogP contribution in [0, 0.1) is 28.4 Å². The SMILES string of the molecule is CCOC(=O)/C(C#N)=C1\SC(Cc2cccc([N+](=O)[O-])c2)C(=O)N1c1ccc(C)cc1. The van der Waals surface area contributed by atoms with Gasteiger partial charge >= 0.3 is 5.97 Å². The number of nitriles is 1. The molecule has 0 aromatic heterocycles. The van der Waals surface area contributed by atoms with E-state index in [-0.39, 0.29) is 35.2 Å². The van der Waals surface area contributed by atoms with E-state index in [0.29, 0.717) is 11.3 Å². The Morgan fingerprint density at radius 2 is 2.00 bits per heavy atom. The fraction of sp³-hybridized carbons (Fsp3) is 0.227. The number of benzene rings is 2. The van der Waals surface area contributed by atoms with Gasteiger partial charge in [0.25, 0.3) is 5.69 Å². The molecule has 158 valence electrons. The number of nitrogens with zero attached hydrogens (tertiary/aromatic N) is 3. The number of hydrogen-bond acceptors (Lipinski definition) is 7. The number of rotatable bonds is 6. The molecule has 1 atom stereocenters. The minimum absolute atomic E-state index is 0.0664. The van der Waals surface area contributed by atoms with Crippen LogP contribution in [0.5, 0.6) is 0 Å². The number of nitro groups is 1. The average Bonchev–Trinajstić information content (AvgIpc) is 3.05. The van der Waals surface area contributed by atoms with E-state index in [9.17, 15) is 25.0 Å². The molecule has 2 aromatic rings. The Kier molecular flexibility index (Phi) is 6.72. The minimum atomic E-state index is -0.798. The van der Waals surface area contributed by atoms with Crippen molar-refractivity contribution in [1.29, 1.82) is 5.26 Å². The van der Waals surface area contributed by atoms with Gasteiger partial charge in [-0.25, -0.2) is 4.79 Å². The van der Waals surface area contributed by atoms with Crippen LogP contribution in [-0.4, -0.2) is 28.7 Å². The summed E-state index contributed by atoms with van der Waals surface area (Å²) >= 11 is 1.08. The highest BCUT2D eigenvalue weighted by molar-refractivity contribution is 8.05. The van der Waals surface area contributed by atoms with Crippen LogP contribution in [0.3, 0.4) is 0 Å². The number of carbonyl (C=O) groups is 2. The van der Waals surface area contributed by atoms with Gasteiger partial charge < -0.3 is 4.74 Å². The number of esters is 1. The second-order valence-electron chi connectivity index (χ2n) is 6.76. The molecule has 0 bridgehead atoms. The Morgan fingerprint density at radius 3 is 2.61 bits per heavy atom. The lowest BCUT2D eigenvalue weighted by Gasteiger charge is -2.18. The third-order valence-electron chi connectivity index (χ3n) is 4.59. The number of aryl methyl sites for hydroxylation is 1. The number of anilines is 1. The van der Waals surface area contributed by atoms with Crippen molar-refractivity contribution in [1.82, 2.24) is 0 Å². The predicted molar refractivity (Wildman–Crippen MR) is 116 cm³/mol. The molecule has 1 heterocycles. The van der Waals surface area contributed by atoms with Crippen LogP contribution >= 0.6 is 11.8 Å². The first-order chi connectivity index (χ1) is 14.8. The van der Waals surface area contributed by atoms with Gasteiger partial charge in [-0.2, -0.15) is 5.26 Å². The van der Waals surface area contributed by atoms with Gasteiger partial charge in [-0.05, 0) is 38.0 Å². The molecule has 1 aliphatic rings. The Labute approximate surface area is 183 Å². The van der Waals surface area contributed by atoms with Crippen molar-refractivity contribution >= 4 is 35.0 Å². The van der Waals surface area contributed by atoms with Gasteiger partial charge in [0, 0.05) is 17.8 Å². The fourth-order valence-electron chi connectivity index (χ4n) is 3.12. The van der Waals surface area contributed by atoms with E-state index in [0.717, 1.165) is 17.3 Å². The summed E-state index contributed by atoms with van der Waals surface area (Å²) in [4.78, 5) is 37.6. The number of non-ortho nitro benzene ring substituents is 1. The van der Waals surface area contributed by atoms with E-state index in [1.54, 1.807) is 31.2 Å². The molecule has 0 aliphatic carbocycles. The largest absolute Gasteiger partial charge is 0.462 e. The maximum absolute atomic E-state index is 13.3. The van der Waals surface area contributed by atoms with Gasteiger partial charge in [-0.15, -0.1) is 0 Å². The second-order valence-corrected chi connectivity index (χ2v) is 7.95. The van der Waals surface area contributed by atoms with Crippen LogP contribution in [0.25, 0.3) is 0 Å². The summed E-state index contributed by atoms with van der Waals surface area (Å²) in [5, 5.41) is 20.2. The molecule has 0 saturated carbocycles. The van der Waals surface area contributed by atoms with Crippen LogP contribution in [0.1, 0.15) is 18.1 Å². The van der Waals surface area contributed by atoms with Crippen molar-refractivity contribution in [2.24, 2.45) is 0 Å². The molecular weight excluding hydrogens is 418 g/mol. The predicted octanol–water partition coefficient (Wildman–Crippen LogP) is 3.89. The molecule has 1 saturated heterocycles. The third kappa shape index (κ3) is 4.75. The first kappa shape index (κ1) is 22.1. The van der Waals surface area contributed by atoms with Crippen molar-refractivity contribution in [3.8, 4) is 6.07 Å². The molecule has 2 aromatic carbocycles. The maximum Gasteiger partial charge on any atom is 0.351 e. The van der Waals surface area contributed by atoms with E-state index in [2.05, 4.69) is 0 Å². The molecule has 8 nitrogen and oxygen atoms in total. The van der Waals surface area contributed by atoms with Crippen molar-refractivity contribution < 1.29 is 19.2 Å². The molecule has 3 rings (SSSR count). The molecule has 1 aliphatic heterocycles. The number of nitro benzene ring substituents is 1. The first-order valence-electron chi connectivity index (χ1n) is 9.47. The van der Waals surface area contributed by atoms with Gasteiger partial charge in [0.15, 0.2) is 5.57 Å². The Morgan fingerprint density at radius 1 is 1.29 bits per heavy atom. The summed E-state index contributed by atoms with van der Waals surface area (Å²) in [5.74, 6) is -1.11. The number of thioether (sulfide) groups is 1. The fourth-order valence-corrected chi connectivity index (χ4v) is 4.41. The smallest absolute Gasteiger partial charge is 0.351 e. The quantitative estimate of drug-likeness (QED) is 0.221. The third-order valence-corrected chi connectivity index (χ3v) is 5.86. The molecular formula is C22H19N3O5S. The Hall–Kier alpha value is -3.64. The van der Waals surface area contributed by atoms with Gasteiger partial charge in [0.05, 0.1) is 16.8 Å². The average molecular weight is 437 g/mol. The highest BCUT2D eigenvalue weighted by Crippen LogP contribution is 2.42. The standard InChI is InChI=1S/C22H19N3O5S/c1-3-30-22(27)18(13-23)21-24(16-9-7-14(2)8-10-16)20(26)19(31-21)12-15-5-4-6-17(11-15)25(28)29/h4-11,19H,3,12H2,1-2H3/b21-18-. The molecule has 31 heavy (non-hydrogen) atoms. The Balaban J connectivity index is 2.03. The van der Waals surface area contributed by atoms with Crippen LogP contribution in [0.2, 0.25) is 0 Å². The zero-order chi connectivity index (χ0) is 22.5. The molecule has 0 spiro atoms. The lowest BCUT2D eigenvalue weighted by atomic mass is 10.1. The normalized spacial score (nSPS) is 17.3. The molecule has 0 radical (unpaired) electrons. The topological polar surface area (TPSA) is 114 Å². The minimum Gasteiger partial charge on any atom is -0.462 e. The molecule has 0 N–H and O–H groups in total. The summed E-state index contributed by atoms with van der Waals surface area (Å²) in [6.07, 6.45) is 0.207. The number of hydrogen-bond donors (Lipinski definition) is 0. The lowest BCUT2D eigenvalue weighted by Crippen LogP contribution is -2.30. The highest BCUT2D eigenvalue weighted by Gasteiger charge is 2.41. The summed E-state index contributed by atoms with van der Waals surface area (Å²) < 4.78 is 5.00. The van der Waals surface area contributed by atoms with Crippen molar-refractivity contribution in [3.05, 3.63) is 80.4 Å². The lowest BCUT2D eigenvalue weighted by molar-refractivity contribution is -0.384. The second kappa shape index (κ2) is 9.45. The van der Waals surface area contributed by atoms with Gasteiger partial charge in [-0.1, -0.05) is 41.6 Å².